The van der Waals surface area contributed by atoms with Crippen LogP contribution < -0.4 is 0 Å². The lowest BCUT2D eigenvalue weighted by Crippen LogP contribution is -2.09. The zero-order chi connectivity index (χ0) is 8.69. The molecular weight excluding hydrogens is 140 g/mol. The first-order chi connectivity index (χ1) is 5.20. The molecule has 0 aromatic carbocycles. The zero-order valence-corrected chi connectivity index (χ0v) is 7.58. The van der Waals surface area contributed by atoms with Crippen LogP contribution in [-0.4, -0.2) is 23.4 Å². The molecule has 0 spiro atoms. The van der Waals surface area contributed by atoms with E-state index in [4.69, 9.17) is 10.2 Å². The van der Waals surface area contributed by atoms with Gasteiger partial charge in [-0.15, -0.1) is 0 Å². The average Bonchev–Trinajstić information content (AvgIpc) is 1.97. The summed E-state index contributed by atoms with van der Waals surface area (Å²) in [4.78, 5) is 0. The quantitative estimate of drug-likeness (QED) is 0.617. The van der Waals surface area contributed by atoms with E-state index in [0.717, 1.165) is 19.3 Å². The van der Waals surface area contributed by atoms with Crippen LogP contribution in [0.2, 0.25) is 0 Å². The van der Waals surface area contributed by atoms with E-state index in [1.807, 2.05) is 0 Å². The molecule has 0 heterocycles. The molecule has 1 unspecified atom stereocenters. The molecule has 68 valence electrons. The molecule has 0 rings (SSSR count). The van der Waals surface area contributed by atoms with Gasteiger partial charge in [-0.1, -0.05) is 13.8 Å². The van der Waals surface area contributed by atoms with Crippen molar-refractivity contribution < 1.29 is 10.2 Å². The fraction of sp³-hybridized carbons (Fsp3) is 1.00. The molecule has 1 atom stereocenters. The Morgan fingerprint density at radius 1 is 1.18 bits per heavy atom. The van der Waals surface area contributed by atoms with Gasteiger partial charge in [0.25, 0.3) is 0 Å². The van der Waals surface area contributed by atoms with Gasteiger partial charge in [0, 0.05) is 13.2 Å². The number of aliphatic hydroxyl groups is 2. The summed E-state index contributed by atoms with van der Waals surface area (Å²) >= 11 is 0. The van der Waals surface area contributed by atoms with Crippen LogP contribution in [-0.2, 0) is 0 Å². The maximum absolute atomic E-state index is 8.92. The first-order valence-corrected chi connectivity index (χ1v) is 4.42. The molecule has 11 heavy (non-hydrogen) atoms. The maximum Gasteiger partial charge on any atom is 0.0459 e. The highest BCUT2D eigenvalue weighted by atomic mass is 16.3. The van der Waals surface area contributed by atoms with Crippen molar-refractivity contribution in [2.24, 2.45) is 11.8 Å². The van der Waals surface area contributed by atoms with Crippen LogP contribution >= 0.6 is 0 Å². The van der Waals surface area contributed by atoms with Crippen molar-refractivity contribution in [3.63, 3.8) is 0 Å². The Bertz CT molecular complexity index is 81.6. The summed E-state index contributed by atoms with van der Waals surface area (Å²) in [5.41, 5.74) is 0. The summed E-state index contributed by atoms with van der Waals surface area (Å²) < 4.78 is 0. The van der Waals surface area contributed by atoms with Gasteiger partial charge in [0.05, 0.1) is 0 Å². The van der Waals surface area contributed by atoms with Crippen LogP contribution in [0.3, 0.4) is 0 Å². The highest BCUT2D eigenvalue weighted by Gasteiger charge is 2.08. The van der Waals surface area contributed by atoms with Crippen LogP contribution in [0.1, 0.15) is 33.1 Å². The topological polar surface area (TPSA) is 40.5 Å². The van der Waals surface area contributed by atoms with Gasteiger partial charge >= 0.3 is 0 Å². The Morgan fingerprint density at radius 2 is 1.82 bits per heavy atom. The molecule has 2 heteroatoms. The highest BCUT2D eigenvalue weighted by Crippen LogP contribution is 2.15. The molecule has 2 nitrogen and oxygen atoms in total. The van der Waals surface area contributed by atoms with E-state index in [1.54, 1.807) is 0 Å². The summed E-state index contributed by atoms with van der Waals surface area (Å²) in [5.74, 6) is 1.04. The fourth-order valence-electron chi connectivity index (χ4n) is 1.33. The Hall–Kier alpha value is -0.0800. The van der Waals surface area contributed by atoms with Crippen molar-refractivity contribution in [1.29, 1.82) is 0 Å². The van der Waals surface area contributed by atoms with E-state index < -0.39 is 0 Å². The Morgan fingerprint density at radius 3 is 2.18 bits per heavy atom. The van der Waals surface area contributed by atoms with E-state index in [2.05, 4.69) is 13.8 Å². The number of hydrogen-bond acceptors (Lipinski definition) is 2. The molecule has 0 bridgehead atoms. The standard InChI is InChI=1S/C9H20O2/c1-8(2)6-9(7-11)4-3-5-10/h8-11H,3-7H2,1-2H3. The molecule has 0 aliphatic heterocycles. The van der Waals surface area contributed by atoms with Crippen LogP contribution in [0.5, 0.6) is 0 Å². The molecule has 0 aliphatic rings. The Kier molecular flexibility index (Phi) is 6.57. The van der Waals surface area contributed by atoms with Gasteiger partial charge in [0.1, 0.15) is 0 Å². The van der Waals surface area contributed by atoms with Crippen LogP contribution in [0.15, 0.2) is 0 Å². The largest absolute Gasteiger partial charge is 0.396 e. The van der Waals surface area contributed by atoms with Crippen molar-refractivity contribution >= 4 is 0 Å². The number of hydrogen-bond donors (Lipinski definition) is 2. The maximum atomic E-state index is 8.92. The van der Waals surface area contributed by atoms with Gasteiger partial charge in [-0.25, -0.2) is 0 Å². The van der Waals surface area contributed by atoms with Crippen LogP contribution in [0.25, 0.3) is 0 Å². The van der Waals surface area contributed by atoms with Gasteiger partial charge in [0.2, 0.25) is 0 Å². The molecule has 0 radical (unpaired) electrons. The third-order valence-corrected chi connectivity index (χ3v) is 1.83. The monoisotopic (exact) mass is 160 g/mol. The summed E-state index contributed by atoms with van der Waals surface area (Å²) in [6.45, 7) is 4.82. The minimum absolute atomic E-state index is 0.245. The SMILES string of the molecule is CC(C)CC(CO)CCCO. The smallest absolute Gasteiger partial charge is 0.0459 e. The van der Waals surface area contributed by atoms with Gasteiger partial charge in [-0.05, 0) is 31.1 Å². The van der Waals surface area contributed by atoms with E-state index in [1.165, 1.54) is 0 Å². The summed E-state index contributed by atoms with van der Waals surface area (Å²) in [6, 6.07) is 0. The zero-order valence-electron chi connectivity index (χ0n) is 7.58. The summed E-state index contributed by atoms with van der Waals surface area (Å²) in [5, 5.41) is 17.5. The molecule has 0 aromatic rings. The lowest BCUT2D eigenvalue weighted by Gasteiger charge is -2.15. The number of rotatable bonds is 6. The highest BCUT2D eigenvalue weighted by molar-refractivity contribution is 4.59. The molecule has 0 amide bonds. The lowest BCUT2D eigenvalue weighted by molar-refractivity contribution is 0.183. The van der Waals surface area contributed by atoms with Gasteiger partial charge in [-0.2, -0.15) is 0 Å². The van der Waals surface area contributed by atoms with Gasteiger partial charge in [-0.3, -0.25) is 0 Å². The van der Waals surface area contributed by atoms with E-state index in [0.29, 0.717) is 11.8 Å². The average molecular weight is 160 g/mol. The van der Waals surface area contributed by atoms with E-state index in [9.17, 15) is 0 Å². The molecule has 0 aromatic heterocycles. The van der Waals surface area contributed by atoms with Gasteiger partial charge < -0.3 is 10.2 Å². The Balaban J connectivity index is 3.41. The van der Waals surface area contributed by atoms with Crippen molar-refractivity contribution in [3.05, 3.63) is 0 Å². The molecule has 0 aliphatic carbocycles. The first kappa shape index (κ1) is 10.9. The van der Waals surface area contributed by atoms with Gasteiger partial charge in [0.15, 0.2) is 0 Å². The number of aliphatic hydroxyl groups excluding tert-OH is 2. The van der Waals surface area contributed by atoms with Crippen molar-refractivity contribution in [3.8, 4) is 0 Å². The second kappa shape index (κ2) is 6.62. The lowest BCUT2D eigenvalue weighted by atomic mass is 9.94. The second-order valence-corrected chi connectivity index (χ2v) is 3.54. The van der Waals surface area contributed by atoms with Crippen molar-refractivity contribution in [2.75, 3.05) is 13.2 Å². The summed E-state index contributed by atoms with van der Waals surface area (Å²) in [6.07, 6.45) is 2.83. The minimum Gasteiger partial charge on any atom is -0.396 e. The normalized spacial score (nSPS) is 13.9. The molecule has 2 N–H and O–H groups in total. The van der Waals surface area contributed by atoms with Crippen molar-refractivity contribution in [1.82, 2.24) is 0 Å². The van der Waals surface area contributed by atoms with E-state index >= 15 is 0 Å². The molecular formula is C9H20O2. The third-order valence-electron chi connectivity index (χ3n) is 1.83. The molecule has 0 saturated heterocycles. The first-order valence-electron chi connectivity index (χ1n) is 4.42. The Labute approximate surface area is 69.2 Å². The van der Waals surface area contributed by atoms with Crippen molar-refractivity contribution in [2.45, 2.75) is 33.1 Å². The molecule has 0 fully saturated rings. The predicted octanol–water partition coefficient (Wildman–Crippen LogP) is 1.41. The predicted molar refractivity (Wildman–Crippen MR) is 46.4 cm³/mol. The molecule has 0 saturated carbocycles. The van der Waals surface area contributed by atoms with Crippen LogP contribution in [0, 0.1) is 11.8 Å². The second-order valence-electron chi connectivity index (χ2n) is 3.54. The summed E-state index contributed by atoms with van der Waals surface area (Å²) in [7, 11) is 0. The third kappa shape index (κ3) is 6.32. The minimum atomic E-state index is 0.245. The fourth-order valence-corrected chi connectivity index (χ4v) is 1.33. The van der Waals surface area contributed by atoms with Crippen LogP contribution in [0.4, 0.5) is 0 Å². The van der Waals surface area contributed by atoms with E-state index in [-0.39, 0.29) is 13.2 Å².